The van der Waals surface area contributed by atoms with Crippen molar-refractivity contribution in [3.8, 4) is 5.82 Å². The molecular formula is C15H15FN4O. The second kappa shape index (κ2) is 4.51. The number of rotatable bonds is 1. The number of halogens is 1. The van der Waals surface area contributed by atoms with Crippen molar-refractivity contribution in [1.82, 2.24) is 19.7 Å². The Balaban J connectivity index is 2.35. The minimum atomic E-state index is -0.480. The van der Waals surface area contributed by atoms with Crippen LogP contribution in [0.15, 0.2) is 35.5 Å². The largest absolute Gasteiger partial charge is 0.268 e. The van der Waals surface area contributed by atoms with Gasteiger partial charge in [-0.05, 0) is 23.1 Å². The van der Waals surface area contributed by atoms with Gasteiger partial charge in [-0.3, -0.25) is 14.5 Å². The first-order chi connectivity index (χ1) is 9.88. The number of nitrogens with zero attached hydrogens (tertiary/aromatic N) is 3. The van der Waals surface area contributed by atoms with Crippen molar-refractivity contribution in [3.05, 3.63) is 52.5 Å². The van der Waals surface area contributed by atoms with E-state index in [4.69, 9.17) is 0 Å². The average molecular weight is 286 g/mol. The molecule has 2 aromatic heterocycles. The summed E-state index contributed by atoms with van der Waals surface area (Å²) >= 11 is 0. The molecular weight excluding hydrogens is 271 g/mol. The van der Waals surface area contributed by atoms with E-state index in [0.29, 0.717) is 5.82 Å². The predicted molar refractivity (Wildman–Crippen MR) is 78.1 cm³/mol. The van der Waals surface area contributed by atoms with E-state index in [0.717, 1.165) is 5.56 Å². The summed E-state index contributed by atoms with van der Waals surface area (Å²) in [5.41, 5.74) is 0.266. The van der Waals surface area contributed by atoms with Crippen LogP contribution in [0, 0.1) is 5.82 Å². The topological polar surface area (TPSA) is 63.6 Å². The predicted octanol–water partition coefficient (Wildman–Crippen LogP) is 2.55. The second-order valence-corrected chi connectivity index (χ2v) is 5.97. The van der Waals surface area contributed by atoms with Crippen LogP contribution in [0.5, 0.6) is 0 Å². The molecule has 21 heavy (non-hydrogen) atoms. The Labute approximate surface area is 120 Å². The van der Waals surface area contributed by atoms with Crippen LogP contribution >= 0.6 is 0 Å². The van der Waals surface area contributed by atoms with Gasteiger partial charge in [0.2, 0.25) is 0 Å². The van der Waals surface area contributed by atoms with Crippen LogP contribution in [-0.2, 0) is 5.41 Å². The van der Waals surface area contributed by atoms with E-state index in [9.17, 15) is 9.18 Å². The van der Waals surface area contributed by atoms with Crippen LogP contribution in [0.2, 0.25) is 0 Å². The van der Waals surface area contributed by atoms with Gasteiger partial charge in [-0.15, -0.1) is 0 Å². The molecule has 0 aliphatic carbocycles. The van der Waals surface area contributed by atoms with Crippen molar-refractivity contribution in [2.75, 3.05) is 0 Å². The van der Waals surface area contributed by atoms with Crippen LogP contribution < -0.4 is 5.56 Å². The Hall–Kier alpha value is -2.50. The number of nitrogens with one attached hydrogen (secondary N) is 1. The van der Waals surface area contributed by atoms with Gasteiger partial charge in [-0.25, -0.2) is 9.37 Å². The van der Waals surface area contributed by atoms with E-state index in [1.54, 1.807) is 12.1 Å². The molecule has 0 radical (unpaired) electrons. The first-order valence-corrected chi connectivity index (χ1v) is 6.59. The molecule has 0 amide bonds. The van der Waals surface area contributed by atoms with Crippen molar-refractivity contribution < 1.29 is 4.39 Å². The molecule has 0 unspecified atom stereocenters. The number of fused-ring (bicyclic) bond motifs is 1. The molecule has 6 heteroatoms. The third-order valence-corrected chi connectivity index (χ3v) is 3.43. The lowest BCUT2D eigenvalue weighted by Gasteiger charge is -2.19. The smallest absolute Gasteiger partial charge is 0.267 e. The van der Waals surface area contributed by atoms with E-state index in [1.165, 1.54) is 23.2 Å². The lowest BCUT2D eigenvalue weighted by Crippen LogP contribution is -2.21. The molecule has 3 aromatic rings. The summed E-state index contributed by atoms with van der Waals surface area (Å²) in [7, 11) is 0. The van der Waals surface area contributed by atoms with Crippen LogP contribution in [-0.4, -0.2) is 19.7 Å². The molecule has 108 valence electrons. The van der Waals surface area contributed by atoms with Gasteiger partial charge >= 0.3 is 0 Å². The number of aromatic amines is 1. The number of aromatic nitrogens is 4. The van der Waals surface area contributed by atoms with E-state index in [1.807, 2.05) is 20.8 Å². The number of benzene rings is 1. The summed E-state index contributed by atoms with van der Waals surface area (Å²) < 4.78 is 15.5. The Morgan fingerprint density at radius 3 is 2.67 bits per heavy atom. The third kappa shape index (κ3) is 2.22. The van der Waals surface area contributed by atoms with Crippen LogP contribution in [0.25, 0.3) is 16.7 Å². The van der Waals surface area contributed by atoms with Gasteiger partial charge in [0.25, 0.3) is 5.56 Å². The van der Waals surface area contributed by atoms with Crippen LogP contribution in [0.4, 0.5) is 4.39 Å². The normalized spacial score (nSPS) is 12.0. The SMILES string of the molecule is CC(C)(C)c1cc(F)c2ncn(-c3ccn[nH]3)c(=O)c2c1. The number of H-pyrrole nitrogens is 1. The standard InChI is InChI=1S/C15H15FN4O/c1-15(2,3)9-6-10-13(11(16)7-9)17-8-20(14(10)21)12-4-5-18-19-12/h4-8H,1-3H3,(H,18,19). The highest BCUT2D eigenvalue weighted by Gasteiger charge is 2.18. The Morgan fingerprint density at radius 2 is 2.05 bits per heavy atom. The summed E-state index contributed by atoms with van der Waals surface area (Å²) in [5.74, 6) is 0.0160. The highest BCUT2D eigenvalue weighted by Crippen LogP contribution is 2.26. The Bertz CT molecular complexity index is 860. The quantitative estimate of drug-likeness (QED) is 0.747. The molecule has 0 bridgehead atoms. The lowest BCUT2D eigenvalue weighted by atomic mass is 9.86. The molecule has 0 aliphatic rings. The number of hydrogen-bond acceptors (Lipinski definition) is 3. The Morgan fingerprint density at radius 1 is 1.29 bits per heavy atom. The fourth-order valence-corrected chi connectivity index (χ4v) is 2.18. The van der Waals surface area contributed by atoms with Gasteiger partial charge in [-0.2, -0.15) is 5.10 Å². The zero-order valence-electron chi connectivity index (χ0n) is 12.0. The van der Waals surface area contributed by atoms with Gasteiger partial charge in [-0.1, -0.05) is 20.8 Å². The summed E-state index contributed by atoms with van der Waals surface area (Å²) in [5, 5.41) is 6.77. The lowest BCUT2D eigenvalue weighted by molar-refractivity contribution is 0.575. The zero-order valence-corrected chi connectivity index (χ0v) is 12.0. The minimum absolute atomic E-state index is 0.0868. The molecule has 1 aromatic carbocycles. The number of hydrogen-bond donors (Lipinski definition) is 1. The van der Waals surface area contributed by atoms with Crippen molar-refractivity contribution in [2.24, 2.45) is 0 Å². The maximum Gasteiger partial charge on any atom is 0.267 e. The van der Waals surface area contributed by atoms with Crippen LogP contribution in [0.1, 0.15) is 26.3 Å². The van der Waals surface area contributed by atoms with Crippen molar-refractivity contribution in [3.63, 3.8) is 0 Å². The molecule has 0 aliphatic heterocycles. The molecule has 5 nitrogen and oxygen atoms in total. The summed E-state index contributed by atoms with van der Waals surface area (Å²) in [4.78, 5) is 16.6. The van der Waals surface area contributed by atoms with Gasteiger partial charge in [0.1, 0.15) is 23.5 Å². The average Bonchev–Trinajstić information content (AvgIpc) is 2.92. The van der Waals surface area contributed by atoms with Gasteiger partial charge in [0.05, 0.1) is 11.6 Å². The molecule has 1 N–H and O–H groups in total. The molecule has 0 saturated heterocycles. The fourth-order valence-electron chi connectivity index (χ4n) is 2.18. The van der Waals surface area contributed by atoms with E-state index in [2.05, 4.69) is 15.2 Å². The molecule has 0 spiro atoms. The molecule has 0 fully saturated rings. The first kappa shape index (κ1) is 13.5. The summed E-state index contributed by atoms with van der Waals surface area (Å²) in [6.07, 6.45) is 2.84. The highest BCUT2D eigenvalue weighted by atomic mass is 19.1. The monoisotopic (exact) mass is 286 g/mol. The third-order valence-electron chi connectivity index (χ3n) is 3.43. The van der Waals surface area contributed by atoms with Gasteiger partial charge in [0.15, 0.2) is 0 Å². The van der Waals surface area contributed by atoms with E-state index < -0.39 is 5.82 Å². The summed E-state index contributed by atoms with van der Waals surface area (Å²) in [6, 6.07) is 4.80. The van der Waals surface area contributed by atoms with Crippen molar-refractivity contribution in [1.29, 1.82) is 0 Å². The molecule has 0 saturated carbocycles. The van der Waals surface area contributed by atoms with Crippen LogP contribution in [0.3, 0.4) is 0 Å². The van der Waals surface area contributed by atoms with Gasteiger partial charge < -0.3 is 0 Å². The zero-order chi connectivity index (χ0) is 15.2. The molecule has 3 rings (SSSR count). The first-order valence-electron chi connectivity index (χ1n) is 6.59. The molecule has 0 atom stereocenters. The summed E-state index contributed by atoms with van der Waals surface area (Å²) in [6.45, 7) is 5.91. The van der Waals surface area contributed by atoms with Gasteiger partial charge in [0, 0.05) is 6.07 Å². The molecule has 2 heterocycles. The van der Waals surface area contributed by atoms with E-state index >= 15 is 0 Å². The second-order valence-electron chi connectivity index (χ2n) is 5.97. The van der Waals surface area contributed by atoms with Crippen molar-refractivity contribution >= 4 is 10.9 Å². The van der Waals surface area contributed by atoms with E-state index in [-0.39, 0.29) is 21.9 Å². The van der Waals surface area contributed by atoms with Crippen molar-refractivity contribution in [2.45, 2.75) is 26.2 Å². The maximum atomic E-state index is 14.2. The maximum absolute atomic E-state index is 14.2. The Kier molecular flexibility index (Phi) is 2.90. The fraction of sp³-hybridized carbons (Fsp3) is 0.267. The minimum Gasteiger partial charge on any atom is -0.268 e. The highest BCUT2D eigenvalue weighted by molar-refractivity contribution is 5.79.